The molecule has 0 radical (unpaired) electrons. The van der Waals surface area contributed by atoms with Crippen LogP contribution in [-0.2, 0) is 9.53 Å². The molecule has 0 aromatic carbocycles. The molecule has 1 aliphatic rings. The largest absolute Gasteiger partial charge is 0.465 e. The zero-order valence-corrected chi connectivity index (χ0v) is 43.6. The molecule has 5 nitrogen and oxygen atoms in total. The van der Waals surface area contributed by atoms with E-state index >= 15 is 0 Å². The first-order chi connectivity index (χ1) is 30.9. The number of aliphatic hydroxyl groups is 1. The molecule has 1 fully saturated rings. The Morgan fingerprint density at radius 2 is 0.968 bits per heavy atom. The topological polar surface area (TPSA) is 61.8 Å². The zero-order chi connectivity index (χ0) is 45.9. The normalized spacial score (nSPS) is 16.8. The molecule has 1 aliphatic heterocycles. The van der Waals surface area contributed by atoms with Crippen LogP contribution in [0.1, 0.15) is 291 Å². The van der Waals surface area contributed by atoms with Crippen LogP contribution in [0.15, 0.2) is 12.2 Å². The van der Waals surface area contributed by atoms with Crippen molar-refractivity contribution < 1.29 is 14.6 Å². The van der Waals surface area contributed by atoms with Gasteiger partial charge in [-0.1, -0.05) is 239 Å². The Labute approximate surface area is 395 Å². The van der Waals surface area contributed by atoms with Gasteiger partial charge < -0.3 is 20.1 Å². The van der Waals surface area contributed by atoms with Gasteiger partial charge in [0.15, 0.2) is 0 Å². The molecule has 4 atom stereocenters. The van der Waals surface area contributed by atoms with E-state index in [-0.39, 0.29) is 18.5 Å². The summed E-state index contributed by atoms with van der Waals surface area (Å²) in [6, 6.07) is 1.11. The molecule has 0 aliphatic carbocycles. The molecular weight excluding hydrogens is 773 g/mol. The monoisotopic (exact) mass is 887 g/mol. The number of esters is 1. The van der Waals surface area contributed by atoms with Crippen LogP contribution in [0.5, 0.6) is 0 Å². The number of aliphatic hydroxyl groups excluding tert-OH is 1. The zero-order valence-electron chi connectivity index (χ0n) is 43.6. The van der Waals surface area contributed by atoms with E-state index in [2.05, 4.69) is 51.4 Å². The molecule has 0 spiro atoms. The molecule has 1 rings (SSSR count). The number of ether oxygens (including phenoxy) is 1. The maximum atomic E-state index is 13.2. The van der Waals surface area contributed by atoms with E-state index in [4.69, 9.17) is 4.74 Å². The summed E-state index contributed by atoms with van der Waals surface area (Å²) in [5, 5.41) is 13.6. The van der Waals surface area contributed by atoms with Crippen molar-refractivity contribution in [3.8, 4) is 0 Å². The van der Waals surface area contributed by atoms with Gasteiger partial charge in [-0.05, 0) is 76.0 Å². The summed E-state index contributed by atoms with van der Waals surface area (Å²) >= 11 is 0. The molecule has 1 saturated heterocycles. The predicted molar refractivity (Wildman–Crippen MR) is 278 cm³/mol. The van der Waals surface area contributed by atoms with Crippen molar-refractivity contribution in [1.82, 2.24) is 10.2 Å². The highest BCUT2D eigenvalue weighted by Crippen LogP contribution is 2.29. The van der Waals surface area contributed by atoms with Gasteiger partial charge >= 0.3 is 5.97 Å². The molecule has 63 heavy (non-hydrogen) atoms. The molecule has 1 heterocycles. The van der Waals surface area contributed by atoms with Crippen LogP contribution in [0.3, 0.4) is 0 Å². The highest BCUT2D eigenvalue weighted by molar-refractivity contribution is 5.72. The van der Waals surface area contributed by atoms with Gasteiger partial charge in [-0.2, -0.15) is 0 Å². The average molecular weight is 888 g/mol. The Kier molecular flexibility index (Phi) is 42.8. The number of hydrogen-bond donors (Lipinski definition) is 2. The van der Waals surface area contributed by atoms with Gasteiger partial charge in [0, 0.05) is 38.3 Å². The number of unbranched alkanes of at least 4 members (excludes halogenated alkanes) is 23. The van der Waals surface area contributed by atoms with Gasteiger partial charge in [0.1, 0.15) is 0 Å². The summed E-state index contributed by atoms with van der Waals surface area (Å²) in [5.41, 5.74) is 1.57. The summed E-state index contributed by atoms with van der Waals surface area (Å²) in [6.07, 6.45) is 51.3. The highest BCUT2D eigenvalue weighted by atomic mass is 16.5. The van der Waals surface area contributed by atoms with Crippen molar-refractivity contribution in [3.05, 3.63) is 12.2 Å². The number of carbonyl (C=O) groups excluding carboxylic acids is 1. The summed E-state index contributed by atoms with van der Waals surface area (Å²) in [6.45, 7) is 20.4. The number of piperazine rings is 1. The van der Waals surface area contributed by atoms with Gasteiger partial charge in [0.25, 0.3) is 0 Å². The first-order valence-corrected chi connectivity index (χ1v) is 28.8. The quantitative estimate of drug-likeness (QED) is 0.0362. The third-order valence-electron chi connectivity index (χ3n) is 14.7. The van der Waals surface area contributed by atoms with E-state index in [1.165, 1.54) is 218 Å². The standard InChI is InChI=1S/C58H114N2O3/c1-7-11-15-18-23-30-41-54(42-31-24-19-16-12-8-2)53(6)40-29-22-21-26-33-45-56-50-60(47-37-48-61)51-57(59-56)46-34-27-28-35-49-63-58(62)55(43-32-25-20-17-13-9-3)44-36-39-52(5)38-14-10-4/h52,54-57,59,61H,6-51H2,1-5H3. The highest BCUT2D eigenvalue weighted by Gasteiger charge is 2.26. The van der Waals surface area contributed by atoms with E-state index in [9.17, 15) is 9.90 Å². The minimum atomic E-state index is 0.0809. The van der Waals surface area contributed by atoms with E-state index in [0.717, 1.165) is 70.0 Å². The van der Waals surface area contributed by atoms with E-state index in [0.29, 0.717) is 18.7 Å². The first kappa shape index (κ1) is 60.1. The lowest BCUT2D eigenvalue weighted by atomic mass is 9.86. The van der Waals surface area contributed by atoms with Gasteiger partial charge in [-0.3, -0.25) is 4.79 Å². The summed E-state index contributed by atoms with van der Waals surface area (Å²) in [4.78, 5) is 15.9. The number of nitrogens with zero attached hydrogens (tertiary/aromatic N) is 1. The smallest absolute Gasteiger partial charge is 0.308 e. The molecule has 0 amide bonds. The van der Waals surface area contributed by atoms with E-state index < -0.39 is 0 Å². The second kappa shape index (κ2) is 44.9. The Hall–Kier alpha value is -0.910. The Bertz CT molecular complexity index is 971. The van der Waals surface area contributed by atoms with Crippen molar-refractivity contribution >= 4 is 5.97 Å². The number of hydrogen-bond acceptors (Lipinski definition) is 5. The SMILES string of the molecule is C=C(CCCCCCCC1CN(CCCO)CC(CCCCCCOC(=O)C(CCCCCCCC)CCCC(C)CCCC)N1)C(CCCCCCCC)CCCCCCCC. The number of rotatable bonds is 48. The van der Waals surface area contributed by atoms with Crippen LogP contribution in [0.2, 0.25) is 0 Å². The Morgan fingerprint density at radius 1 is 0.540 bits per heavy atom. The van der Waals surface area contributed by atoms with Gasteiger partial charge in [0.2, 0.25) is 0 Å². The van der Waals surface area contributed by atoms with Gasteiger partial charge in [-0.25, -0.2) is 0 Å². The third kappa shape index (κ3) is 35.9. The first-order valence-electron chi connectivity index (χ1n) is 28.8. The molecule has 0 bridgehead atoms. The predicted octanol–water partition coefficient (Wildman–Crippen LogP) is 17.3. The third-order valence-corrected chi connectivity index (χ3v) is 14.7. The Morgan fingerprint density at radius 3 is 1.49 bits per heavy atom. The van der Waals surface area contributed by atoms with Crippen molar-refractivity contribution in [2.75, 3.05) is 32.8 Å². The van der Waals surface area contributed by atoms with E-state index in [1.54, 1.807) is 5.57 Å². The second-order valence-electron chi connectivity index (χ2n) is 21.0. The van der Waals surface area contributed by atoms with Crippen LogP contribution >= 0.6 is 0 Å². The maximum absolute atomic E-state index is 13.2. The maximum Gasteiger partial charge on any atom is 0.308 e. The van der Waals surface area contributed by atoms with Crippen LogP contribution in [0.25, 0.3) is 0 Å². The molecule has 0 aromatic rings. The summed E-state index contributed by atoms with van der Waals surface area (Å²) < 4.78 is 5.94. The lowest BCUT2D eigenvalue weighted by Gasteiger charge is -2.39. The van der Waals surface area contributed by atoms with Crippen molar-refractivity contribution in [3.63, 3.8) is 0 Å². The lowest BCUT2D eigenvalue weighted by molar-refractivity contribution is -0.149. The van der Waals surface area contributed by atoms with Crippen molar-refractivity contribution in [2.45, 2.75) is 304 Å². The van der Waals surface area contributed by atoms with Crippen molar-refractivity contribution in [1.29, 1.82) is 0 Å². The van der Waals surface area contributed by atoms with Crippen LogP contribution in [-0.4, -0.2) is 60.9 Å². The molecule has 374 valence electrons. The van der Waals surface area contributed by atoms with Crippen molar-refractivity contribution in [2.24, 2.45) is 17.8 Å². The number of allylic oxidation sites excluding steroid dienone is 1. The summed E-state index contributed by atoms with van der Waals surface area (Å²) in [5.74, 6) is 1.70. The van der Waals surface area contributed by atoms with Crippen LogP contribution < -0.4 is 5.32 Å². The number of nitrogens with one attached hydrogen (secondary N) is 1. The molecule has 0 saturated carbocycles. The minimum Gasteiger partial charge on any atom is -0.465 e. The fourth-order valence-electron chi connectivity index (χ4n) is 10.4. The van der Waals surface area contributed by atoms with Crippen LogP contribution in [0, 0.1) is 17.8 Å². The molecule has 5 heteroatoms. The molecule has 4 unspecified atom stereocenters. The van der Waals surface area contributed by atoms with E-state index in [1.807, 2.05) is 0 Å². The Balaban J connectivity index is 2.40. The lowest BCUT2D eigenvalue weighted by Crippen LogP contribution is -2.56. The van der Waals surface area contributed by atoms with Crippen LogP contribution in [0.4, 0.5) is 0 Å². The van der Waals surface area contributed by atoms with Gasteiger partial charge in [0.05, 0.1) is 12.5 Å². The molecule has 2 N–H and O–H groups in total. The fraction of sp³-hybridized carbons (Fsp3) is 0.948. The number of carbonyl (C=O) groups is 1. The fourth-order valence-corrected chi connectivity index (χ4v) is 10.4. The minimum absolute atomic E-state index is 0.0809. The summed E-state index contributed by atoms with van der Waals surface area (Å²) in [7, 11) is 0. The second-order valence-corrected chi connectivity index (χ2v) is 21.0. The average Bonchev–Trinajstić information content (AvgIpc) is 3.28. The van der Waals surface area contributed by atoms with Gasteiger partial charge in [-0.15, -0.1) is 0 Å². The molecule has 0 aromatic heterocycles. The molecular formula is C58H114N2O3.